The molecule has 0 radical (unpaired) electrons. The van der Waals surface area contributed by atoms with Crippen LogP contribution < -0.4 is 56.1 Å². The topological polar surface area (TPSA) is 60.6 Å². The Bertz CT molecular complexity index is 514. The van der Waals surface area contributed by atoms with Gasteiger partial charge in [-0.2, -0.15) is 0 Å². The van der Waals surface area contributed by atoms with Gasteiger partial charge in [0.1, 0.15) is 11.5 Å². The molecule has 0 saturated carbocycles. The molecule has 0 aliphatic rings. The fourth-order valence-corrected chi connectivity index (χ4v) is 1.40. The Morgan fingerprint density at radius 1 is 1.00 bits per heavy atom. The Labute approximate surface area is 154 Å². The van der Waals surface area contributed by atoms with Crippen molar-refractivity contribution in [1.29, 1.82) is 0 Å². The summed E-state index contributed by atoms with van der Waals surface area (Å²) in [6, 6.07) is 16.4. The molecule has 4 nitrogen and oxygen atoms in total. The summed E-state index contributed by atoms with van der Waals surface area (Å²) in [4.78, 5) is 10.4. The van der Waals surface area contributed by atoms with E-state index in [-0.39, 0.29) is 57.9 Å². The summed E-state index contributed by atoms with van der Waals surface area (Å²) in [7, 11) is 0. The molecule has 2 aromatic carbocycles. The Morgan fingerprint density at radius 3 is 2.16 bits per heavy atom. The number of aliphatic carboxylic acids is 1. The predicted molar refractivity (Wildman–Crippen MR) is 68.5 cm³/mol. The summed E-state index contributed by atoms with van der Waals surface area (Å²) < 4.78 is 5.60. The molecule has 0 amide bonds. The molecular weight excluding hydrogens is 269 g/mol. The minimum atomic E-state index is -0.945. The maximum absolute atomic E-state index is 10.4. The van der Waals surface area contributed by atoms with E-state index in [2.05, 4.69) is 5.32 Å². The van der Waals surface area contributed by atoms with E-state index in [9.17, 15) is 4.79 Å². The average Bonchev–Trinajstić information content (AvgIpc) is 2.39. The van der Waals surface area contributed by atoms with Crippen LogP contribution in [0.3, 0.4) is 0 Å². The van der Waals surface area contributed by atoms with Crippen LogP contribution in [0.5, 0.6) is 11.5 Å². The monoisotopic (exact) mass is 281 g/mol. The molecule has 0 bridgehead atoms. The molecule has 0 spiro atoms. The molecule has 0 unspecified atom stereocenters. The first-order valence-corrected chi connectivity index (χ1v) is 5.46. The van der Waals surface area contributed by atoms with Gasteiger partial charge < -0.3 is 15.2 Å². The molecule has 0 aliphatic heterocycles. The molecule has 2 rings (SSSR count). The van der Waals surface area contributed by atoms with Crippen molar-refractivity contribution in [3.63, 3.8) is 0 Å². The van der Waals surface area contributed by atoms with Crippen molar-refractivity contribution in [2.75, 3.05) is 6.54 Å². The predicted octanol–water partition coefficient (Wildman–Crippen LogP) is 0.573. The van der Waals surface area contributed by atoms with Crippen LogP contribution in [0.1, 0.15) is 0 Å². The third kappa shape index (κ3) is 5.75. The number of benzene rings is 2. The first kappa shape index (κ1) is 16.2. The average molecular weight is 281 g/mol. The van der Waals surface area contributed by atoms with Crippen molar-refractivity contribution in [2.24, 2.45) is 0 Å². The first-order chi connectivity index (χ1) is 8.74. The van der Waals surface area contributed by atoms with Crippen molar-refractivity contribution in [3.8, 4) is 11.5 Å². The van der Waals surface area contributed by atoms with Gasteiger partial charge in [-0.1, -0.05) is 30.3 Å². The SMILES string of the molecule is O=C(O)C[N-]c1ccc(Oc2ccccc2)cc1.[K+]. The number of carboxylic acid groups (broad SMARTS) is 1. The van der Waals surface area contributed by atoms with Gasteiger partial charge >= 0.3 is 51.4 Å². The van der Waals surface area contributed by atoms with Gasteiger partial charge in [0.25, 0.3) is 5.97 Å². The molecule has 1 N–H and O–H groups in total. The molecule has 19 heavy (non-hydrogen) atoms. The number of carboxylic acids is 1. The standard InChI is InChI=1S/C14H12NO3.K/c16-14(17)10-15-11-6-8-13(9-7-11)18-12-4-2-1-3-5-12;/h1-9H,10H2,(H,16,17);/q-1;+1. The van der Waals surface area contributed by atoms with Gasteiger partial charge in [-0.3, -0.25) is 4.79 Å². The van der Waals surface area contributed by atoms with Crippen LogP contribution >= 0.6 is 0 Å². The normalized spacial score (nSPS) is 9.26. The summed E-state index contributed by atoms with van der Waals surface area (Å²) in [6.07, 6.45) is 0. The maximum atomic E-state index is 10.4. The van der Waals surface area contributed by atoms with Crippen molar-refractivity contribution >= 4 is 11.7 Å². The van der Waals surface area contributed by atoms with Gasteiger partial charge in [0.2, 0.25) is 0 Å². The van der Waals surface area contributed by atoms with Crippen LogP contribution in [0.15, 0.2) is 54.6 Å². The summed E-state index contributed by atoms with van der Waals surface area (Å²) in [5, 5.41) is 12.4. The maximum Gasteiger partial charge on any atom is 1.00 e. The second-order valence-electron chi connectivity index (χ2n) is 3.62. The molecule has 92 valence electrons. The van der Waals surface area contributed by atoms with Gasteiger partial charge in [0, 0.05) is 0 Å². The summed E-state index contributed by atoms with van der Waals surface area (Å²) in [6.45, 7) is -0.223. The summed E-state index contributed by atoms with van der Waals surface area (Å²) in [5.41, 5.74) is 0.623. The minimum Gasteiger partial charge on any atom is -0.675 e. The van der Waals surface area contributed by atoms with E-state index in [1.807, 2.05) is 30.3 Å². The number of hydrogen-bond donors (Lipinski definition) is 1. The Kier molecular flexibility index (Phi) is 7.11. The number of hydrogen-bond acceptors (Lipinski definition) is 2. The molecule has 0 aliphatic carbocycles. The molecule has 0 aromatic heterocycles. The second kappa shape index (κ2) is 8.34. The van der Waals surface area contributed by atoms with Gasteiger partial charge in [-0.25, -0.2) is 0 Å². The van der Waals surface area contributed by atoms with Crippen molar-refractivity contribution in [1.82, 2.24) is 0 Å². The summed E-state index contributed by atoms with van der Waals surface area (Å²) in [5.74, 6) is 0.503. The number of para-hydroxylation sites is 1. The van der Waals surface area contributed by atoms with Crippen molar-refractivity contribution < 1.29 is 66.0 Å². The van der Waals surface area contributed by atoms with Gasteiger partial charge in [-0.15, -0.1) is 5.69 Å². The zero-order valence-electron chi connectivity index (χ0n) is 10.6. The molecule has 2 aromatic rings. The van der Waals surface area contributed by atoms with E-state index in [1.165, 1.54) is 0 Å². The molecule has 0 saturated heterocycles. The largest absolute Gasteiger partial charge is 1.00 e. The second-order valence-corrected chi connectivity index (χ2v) is 3.62. The molecular formula is C14H12KNO3. The zero-order chi connectivity index (χ0) is 12.8. The zero-order valence-corrected chi connectivity index (χ0v) is 13.7. The van der Waals surface area contributed by atoms with Crippen LogP contribution in [-0.4, -0.2) is 17.6 Å². The van der Waals surface area contributed by atoms with Crippen molar-refractivity contribution in [2.45, 2.75) is 0 Å². The minimum absolute atomic E-state index is 0. The van der Waals surface area contributed by atoms with Crippen LogP contribution in [-0.2, 0) is 4.79 Å². The van der Waals surface area contributed by atoms with E-state index in [1.54, 1.807) is 24.3 Å². The van der Waals surface area contributed by atoms with Crippen LogP contribution in [0.4, 0.5) is 5.69 Å². The Hall–Kier alpha value is -0.854. The van der Waals surface area contributed by atoms with Crippen LogP contribution in [0.25, 0.3) is 5.32 Å². The number of carbonyl (C=O) groups is 1. The number of ether oxygens (including phenoxy) is 1. The molecule has 0 heterocycles. The molecule has 5 heteroatoms. The third-order valence-electron chi connectivity index (χ3n) is 2.21. The third-order valence-corrected chi connectivity index (χ3v) is 2.21. The number of nitrogens with zero attached hydrogens (tertiary/aromatic N) is 1. The fraction of sp³-hybridized carbons (Fsp3) is 0.0714. The van der Waals surface area contributed by atoms with Gasteiger partial charge in [-0.05, 0) is 30.8 Å². The van der Waals surface area contributed by atoms with Gasteiger partial charge in [0.15, 0.2) is 0 Å². The van der Waals surface area contributed by atoms with E-state index < -0.39 is 5.97 Å². The van der Waals surface area contributed by atoms with Crippen LogP contribution in [0, 0.1) is 0 Å². The molecule has 0 atom stereocenters. The smallest absolute Gasteiger partial charge is 0.675 e. The fourth-order valence-electron chi connectivity index (χ4n) is 1.40. The number of rotatable bonds is 5. The summed E-state index contributed by atoms with van der Waals surface area (Å²) >= 11 is 0. The first-order valence-electron chi connectivity index (χ1n) is 5.46. The van der Waals surface area contributed by atoms with Gasteiger partial charge in [0.05, 0.1) is 0 Å². The Morgan fingerprint density at radius 2 is 1.58 bits per heavy atom. The molecule has 0 fully saturated rings. The van der Waals surface area contributed by atoms with Crippen molar-refractivity contribution in [3.05, 3.63) is 59.9 Å². The van der Waals surface area contributed by atoms with E-state index in [0.29, 0.717) is 11.4 Å². The van der Waals surface area contributed by atoms with Crippen LogP contribution in [0.2, 0.25) is 0 Å². The van der Waals surface area contributed by atoms with E-state index >= 15 is 0 Å². The quantitative estimate of drug-likeness (QED) is 0.815. The van der Waals surface area contributed by atoms with E-state index in [0.717, 1.165) is 5.75 Å². The van der Waals surface area contributed by atoms with E-state index in [4.69, 9.17) is 9.84 Å². The Balaban J connectivity index is 0.00000180.